The maximum Gasteiger partial charge on any atom is 0.276 e. The average Bonchev–Trinajstić information content (AvgIpc) is 2.83. The molecule has 0 aliphatic carbocycles. The smallest absolute Gasteiger partial charge is 0.276 e. The fraction of sp³-hybridized carbons (Fsp3) is 0.636. The van der Waals surface area contributed by atoms with E-state index < -0.39 is 0 Å². The molecule has 0 saturated heterocycles. The highest BCUT2D eigenvalue weighted by atomic mass is 16.2. The molecule has 0 spiro atoms. The summed E-state index contributed by atoms with van der Waals surface area (Å²) in [6.45, 7) is 3.20. The molecule has 1 heterocycles. The van der Waals surface area contributed by atoms with Crippen molar-refractivity contribution >= 4 is 11.8 Å². The molecule has 0 saturated carbocycles. The highest BCUT2D eigenvalue weighted by Crippen LogP contribution is 2.01. The highest BCUT2D eigenvalue weighted by molar-refractivity contribution is 5.94. The molecule has 2 N–H and O–H groups in total. The number of nitrogens with two attached hydrogens (primary N) is 1. The lowest BCUT2D eigenvalue weighted by Gasteiger charge is -2.21. The van der Waals surface area contributed by atoms with Gasteiger partial charge in [-0.15, -0.1) is 5.10 Å². The minimum absolute atomic E-state index is 0.0338. The van der Waals surface area contributed by atoms with Crippen molar-refractivity contribution in [2.75, 3.05) is 33.7 Å². The molecular weight excluding hydrogens is 248 g/mol. The fourth-order valence-electron chi connectivity index (χ4n) is 1.43. The molecule has 0 radical (unpaired) electrons. The fourth-order valence-corrected chi connectivity index (χ4v) is 1.43. The number of hydrogen-bond acceptors (Lipinski definition) is 5. The summed E-state index contributed by atoms with van der Waals surface area (Å²) in [5.41, 5.74) is 5.62. The molecule has 1 aromatic heterocycles. The van der Waals surface area contributed by atoms with E-state index in [1.807, 2.05) is 6.92 Å². The lowest BCUT2D eigenvalue weighted by molar-refractivity contribution is -0.129. The van der Waals surface area contributed by atoms with Gasteiger partial charge < -0.3 is 15.5 Å². The van der Waals surface area contributed by atoms with E-state index in [9.17, 15) is 9.59 Å². The van der Waals surface area contributed by atoms with Crippen molar-refractivity contribution in [3.05, 3.63) is 11.9 Å². The first-order valence-corrected chi connectivity index (χ1v) is 6.09. The molecule has 1 rings (SSSR count). The largest absolute Gasteiger partial charge is 0.347 e. The molecule has 19 heavy (non-hydrogen) atoms. The topological polar surface area (TPSA) is 97.4 Å². The molecule has 0 aromatic carbocycles. The van der Waals surface area contributed by atoms with E-state index in [0.717, 1.165) is 0 Å². The predicted octanol–water partition coefficient (Wildman–Crippen LogP) is -1.21. The zero-order valence-corrected chi connectivity index (χ0v) is 11.5. The maximum atomic E-state index is 12.2. The van der Waals surface area contributed by atoms with Crippen LogP contribution in [0.1, 0.15) is 17.4 Å². The minimum atomic E-state index is -0.305. The van der Waals surface area contributed by atoms with Crippen molar-refractivity contribution in [3.63, 3.8) is 0 Å². The first-order chi connectivity index (χ1) is 8.99. The molecule has 8 nitrogen and oxygen atoms in total. The molecule has 1 aromatic rings. The van der Waals surface area contributed by atoms with Crippen LogP contribution in [0.4, 0.5) is 0 Å². The summed E-state index contributed by atoms with van der Waals surface area (Å²) in [4.78, 5) is 26.7. The van der Waals surface area contributed by atoms with Gasteiger partial charge >= 0.3 is 0 Å². The average molecular weight is 268 g/mol. The number of carbonyl (C=O) groups is 2. The zero-order chi connectivity index (χ0) is 14.4. The number of carbonyl (C=O) groups excluding carboxylic acids is 2. The van der Waals surface area contributed by atoms with Gasteiger partial charge in [-0.25, -0.2) is 0 Å². The Kier molecular flexibility index (Phi) is 5.43. The zero-order valence-electron chi connectivity index (χ0n) is 11.5. The maximum absolute atomic E-state index is 12.2. The number of amides is 2. The second kappa shape index (κ2) is 6.83. The second-order valence-corrected chi connectivity index (χ2v) is 4.26. The Morgan fingerprint density at radius 2 is 2.11 bits per heavy atom. The quantitative estimate of drug-likeness (QED) is 0.698. The second-order valence-electron chi connectivity index (χ2n) is 4.26. The van der Waals surface area contributed by atoms with Crippen LogP contribution in [0.25, 0.3) is 0 Å². The number of nitrogens with zero attached hydrogens (tertiary/aromatic N) is 5. The van der Waals surface area contributed by atoms with Crippen LogP contribution in [0.5, 0.6) is 0 Å². The Balaban J connectivity index is 2.74. The van der Waals surface area contributed by atoms with E-state index in [1.54, 1.807) is 14.1 Å². The lowest BCUT2D eigenvalue weighted by Crippen LogP contribution is -2.40. The van der Waals surface area contributed by atoms with E-state index in [4.69, 9.17) is 5.73 Å². The molecule has 2 amide bonds. The molecular formula is C11H20N6O2. The third-order valence-corrected chi connectivity index (χ3v) is 2.61. The van der Waals surface area contributed by atoms with Crippen LogP contribution in [0, 0.1) is 0 Å². The third-order valence-electron chi connectivity index (χ3n) is 2.61. The summed E-state index contributed by atoms with van der Waals surface area (Å²) in [6, 6.07) is 0. The van der Waals surface area contributed by atoms with E-state index in [0.29, 0.717) is 19.6 Å². The van der Waals surface area contributed by atoms with E-state index in [2.05, 4.69) is 10.3 Å². The summed E-state index contributed by atoms with van der Waals surface area (Å²) in [6.07, 6.45) is 1.54. The first kappa shape index (κ1) is 15.1. The van der Waals surface area contributed by atoms with Crippen LogP contribution in [0.3, 0.4) is 0 Å². The molecule has 0 unspecified atom stereocenters. The van der Waals surface area contributed by atoms with Gasteiger partial charge in [0, 0.05) is 27.2 Å². The van der Waals surface area contributed by atoms with Crippen LogP contribution >= 0.6 is 0 Å². The molecule has 8 heteroatoms. The molecule has 0 aliphatic heterocycles. The molecule has 0 atom stereocenters. The van der Waals surface area contributed by atoms with Crippen LogP contribution < -0.4 is 5.73 Å². The molecule has 0 aliphatic rings. The summed E-state index contributed by atoms with van der Waals surface area (Å²) in [7, 11) is 3.30. The monoisotopic (exact) mass is 268 g/mol. The van der Waals surface area contributed by atoms with Crippen molar-refractivity contribution in [1.29, 1.82) is 0 Å². The van der Waals surface area contributed by atoms with Gasteiger partial charge in [0.25, 0.3) is 5.91 Å². The molecule has 0 bridgehead atoms. The highest BCUT2D eigenvalue weighted by Gasteiger charge is 2.20. The van der Waals surface area contributed by atoms with Crippen molar-refractivity contribution in [2.24, 2.45) is 5.73 Å². The van der Waals surface area contributed by atoms with Gasteiger partial charge in [0.1, 0.15) is 6.54 Å². The Labute approximate surface area is 112 Å². The predicted molar refractivity (Wildman–Crippen MR) is 69.3 cm³/mol. The van der Waals surface area contributed by atoms with Gasteiger partial charge in [-0.1, -0.05) is 5.21 Å². The summed E-state index contributed by atoms with van der Waals surface area (Å²) >= 11 is 0. The van der Waals surface area contributed by atoms with Gasteiger partial charge in [-0.2, -0.15) is 0 Å². The van der Waals surface area contributed by atoms with Crippen LogP contribution in [-0.4, -0.2) is 70.3 Å². The summed E-state index contributed by atoms with van der Waals surface area (Å²) < 4.78 is 1.51. The number of aromatic nitrogens is 3. The van der Waals surface area contributed by atoms with Crippen molar-refractivity contribution in [2.45, 2.75) is 13.5 Å². The number of likely N-dealkylation sites (N-methyl/N-ethyl adjacent to an activating group) is 2. The lowest BCUT2D eigenvalue weighted by atomic mass is 10.3. The Morgan fingerprint density at radius 1 is 1.42 bits per heavy atom. The Hall–Kier alpha value is -1.96. The van der Waals surface area contributed by atoms with Gasteiger partial charge in [-0.05, 0) is 6.92 Å². The van der Waals surface area contributed by atoms with Crippen molar-refractivity contribution in [1.82, 2.24) is 24.8 Å². The first-order valence-electron chi connectivity index (χ1n) is 6.09. The Bertz CT molecular complexity index is 442. The van der Waals surface area contributed by atoms with Crippen LogP contribution in [-0.2, 0) is 11.3 Å². The third kappa shape index (κ3) is 4.02. The van der Waals surface area contributed by atoms with E-state index in [1.165, 1.54) is 20.7 Å². The number of rotatable bonds is 6. The summed E-state index contributed by atoms with van der Waals surface area (Å²) in [5, 5.41) is 7.60. The molecule has 0 fully saturated rings. The van der Waals surface area contributed by atoms with Gasteiger partial charge in [0.2, 0.25) is 5.91 Å². The Morgan fingerprint density at radius 3 is 2.63 bits per heavy atom. The number of hydrogen-bond donors (Lipinski definition) is 1. The summed E-state index contributed by atoms with van der Waals surface area (Å²) in [5.74, 6) is -0.439. The van der Waals surface area contributed by atoms with Crippen molar-refractivity contribution in [3.8, 4) is 0 Å². The van der Waals surface area contributed by atoms with E-state index >= 15 is 0 Å². The van der Waals surface area contributed by atoms with Gasteiger partial charge in [-0.3, -0.25) is 14.3 Å². The SMILES string of the molecule is CCN(CC(=O)N(C)C)C(=O)c1cn(CCN)nn1. The van der Waals surface area contributed by atoms with Gasteiger partial charge in [0.05, 0.1) is 12.7 Å². The van der Waals surface area contributed by atoms with E-state index in [-0.39, 0.29) is 24.1 Å². The normalized spacial score (nSPS) is 10.3. The van der Waals surface area contributed by atoms with Crippen LogP contribution in [0.15, 0.2) is 6.20 Å². The minimum Gasteiger partial charge on any atom is -0.347 e. The van der Waals surface area contributed by atoms with Crippen molar-refractivity contribution < 1.29 is 9.59 Å². The van der Waals surface area contributed by atoms with Gasteiger partial charge in [0.15, 0.2) is 5.69 Å². The standard InChI is InChI=1S/C11H20N6O2/c1-4-16(8-10(18)15(2)3)11(19)9-7-17(6-5-12)14-13-9/h7H,4-6,8,12H2,1-3H3. The van der Waals surface area contributed by atoms with Crippen LogP contribution in [0.2, 0.25) is 0 Å². The molecule has 106 valence electrons.